The summed E-state index contributed by atoms with van der Waals surface area (Å²) in [5, 5.41) is 0. The van der Waals surface area contributed by atoms with Crippen LogP contribution in [0.5, 0.6) is 0 Å². The van der Waals surface area contributed by atoms with E-state index in [1.54, 1.807) is 0 Å². The van der Waals surface area contributed by atoms with Crippen molar-refractivity contribution in [3.8, 4) is 0 Å². The maximum absolute atomic E-state index is 5.70. The second-order valence-electron chi connectivity index (χ2n) is 3.45. The van der Waals surface area contributed by atoms with Crippen molar-refractivity contribution in [2.45, 2.75) is 45.6 Å². The summed E-state index contributed by atoms with van der Waals surface area (Å²) in [7, 11) is 0. The van der Waals surface area contributed by atoms with Gasteiger partial charge in [0.25, 0.3) is 0 Å². The molecule has 2 heteroatoms. The lowest BCUT2D eigenvalue weighted by Crippen LogP contribution is -2.15. The Labute approximate surface area is 68.9 Å². The average Bonchev–Trinajstić information content (AvgIpc) is 2.67. The summed E-state index contributed by atoms with van der Waals surface area (Å²) in [6.07, 6.45) is 4.76. The van der Waals surface area contributed by atoms with E-state index in [4.69, 9.17) is 5.73 Å². The summed E-state index contributed by atoms with van der Waals surface area (Å²) in [6.45, 7) is 4.30. The van der Waals surface area contributed by atoms with Gasteiger partial charge in [-0.3, -0.25) is 4.99 Å². The van der Waals surface area contributed by atoms with Crippen molar-refractivity contribution >= 4 is 5.84 Å². The Morgan fingerprint density at radius 2 is 2.27 bits per heavy atom. The molecule has 64 valence electrons. The number of hydrogen-bond donors (Lipinski definition) is 1. The van der Waals surface area contributed by atoms with Crippen molar-refractivity contribution < 1.29 is 0 Å². The summed E-state index contributed by atoms with van der Waals surface area (Å²) in [6, 6.07) is 0.474. The lowest BCUT2D eigenvalue weighted by Gasteiger charge is -2.04. The van der Waals surface area contributed by atoms with Gasteiger partial charge in [0.2, 0.25) is 0 Å². The predicted molar refractivity (Wildman–Crippen MR) is 48.7 cm³/mol. The van der Waals surface area contributed by atoms with E-state index in [-0.39, 0.29) is 0 Å². The maximum atomic E-state index is 5.70. The van der Waals surface area contributed by atoms with Crippen LogP contribution >= 0.6 is 0 Å². The normalized spacial score (nSPS) is 21.8. The topological polar surface area (TPSA) is 38.4 Å². The van der Waals surface area contributed by atoms with E-state index in [9.17, 15) is 0 Å². The lowest BCUT2D eigenvalue weighted by molar-refractivity contribution is 0.648. The molecule has 0 radical (unpaired) electrons. The molecule has 2 N–H and O–H groups in total. The van der Waals surface area contributed by atoms with Gasteiger partial charge in [0.1, 0.15) is 0 Å². The van der Waals surface area contributed by atoms with Crippen LogP contribution in [0.3, 0.4) is 0 Å². The van der Waals surface area contributed by atoms with Crippen LogP contribution < -0.4 is 5.73 Å². The van der Waals surface area contributed by atoms with Crippen molar-refractivity contribution in [2.75, 3.05) is 0 Å². The molecule has 11 heavy (non-hydrogen) atoms. The van der Waals surface area contributed by atoms with Crippen LogP contribution in [0.4, 0.5) is 0 Å². The summed E-state index contributed by atoms with van der Waals surface area (Å²) in [4.78, 5) is 4.42. The molecule has 0 heterocycles. The first-order valence-corrected chi connectivity index (χ1v) is 4.56. The van der Waals surface area contributed by atoms with Gasteiger partial charge in [-0.05, 0) is 32.1 Å². The number of nitrogens with two attached hydrogens (primary N) is 1. The van der Waals surface area contributed by atoms with Gasteiger partial charge < -0.3 is 5.73 Å². The molecule has 0 saturated heterocycles. The van der Waals surface area contributed by atoms with Gasteiger partial charge in [0.05, 0.1) is 11.9 Å². The van der Waals surface area contributed by atoms with E-state index in [0.717, 1.165) is 24.6 Å². The zero-order valence-electron chi connectivity index (χ0n) is 7.51. The van der Waals surface area contributed by atoms with Crippen LogP contribution in [0, 0.1) is 5.92 Å². The van der Waals surface area contributed by atoms with E-state index in [1.807, 2.05) is 0 Å². The summed E-state index contributed by atoms with van der Waals surface area (Å²) >= 11 is 0. The second kappa shape index (κ2) is 3.74. The maximum Gasteiger partial charge on any atom is 0.0940 e. The third kappa shape index (κ3) is 2.91. The van der Waals surface area contributed by atoms with Gasteiger partial charge in [-0.25, -0.2) is 0 Å². The number of rotatable bonds is 4. The molecule has 1 saturated carbocycles. The highest BCUT2D eigenvalue weighted by atomic mass is 14.9. The van der Waals surface area contributed by atoms with Gasteiger partial charge >= 0.3 is 0 Å². The predicted octanol–water partition coefficient (Wildman–Crippen LogP) is 1.94. The molecule has 1 aliphatic carbocycles. The molecule has 1 fully saturated rings. The average molecular weight is 154 g/mol. The summed E-state index contributed by atoms with van der Waals surface area (Å²) < 4.78 is 0. The van der Waals surface area contributed by atoms with Gasteiger partial charge in [-0.2, -0.15) is 0 Å². The number of nitrogens with zero attached hydrogens (tertiary/aromatic N) is 1. The van der Waals surface area contributed by atoms with Crippen LogP contribution in [0.25, 0.3) is 0 Å². The van der Waals surface area contributed by atoms with Crippen molar-refractivity contribution in [1.29, 1.82) is 0 Å². The van der Waals surface area contributed by atoms with E-state index in [2.05, 4.69) is 18.8 Å². The Bertz CT molecular complexity index is 148. The SMILES string of the molecule is CCCC(N)=NC(C)C1CC1. The fourth-order valence-corrected chi connectivity index (χ4v) is 1.27. The second-order valence-corrected chi connectivity index (χ2v) is 3.45. The first kappa shape index (κ1) is 8.57. The molecule has 0 amide bonds. The van der Waals surface area contributed by atoms with Gasteiger partial charge in [-0.1, -0.05) is 6.92 Å². The minimum Gasteiger partial charge on any atom is -0.387 e. The smallest absolute Gasteiger partial charge is 0.0940 e. The molecule has 1 unspecified atom stereocenters. The largest absolute Gasteiger partial charge is 0.387 e. The number of aliphatic imine (C=N–C) groups is 1. The molecule has 0 spiro atoms. The summed E-state index contributed by atoms with van der Waals surface area (Å²) in [5.41, 5.74) is 5.70. The Morgan fingerprint density at radius 3 is 2.73 bits per heavy atom. The zero-order valence-corrected chi connectivity index (χ0v) is 7.51. The molecule has 0 aromatic rings. The molecule has 0 aromatic carbocycles. The summed E-state index contributed by atoms with van der Waals surface area (Å²) in [5.74, 6) is 1.68. The molecular weight excluding hydrogens is 136 g/mol. The number of hydrogen-bond acceptors (Lipinski definition) is 1. The molecule has 1 aliphatic rings. The van der Waals surface area contributed by atoms with E-state index < -0.39 is 0 Å². The highest BCUT2D eigenvalue weighted by molar-refractivity contribution is 5.80. The van der Waals surface area contributed by atoms with E-state index in [0.29, 0.717) is 6.04 Å². The Kier molecular flexibility index (Phi) is 2.92. The highest BCUT2D eigenvalue weighted by Crippen LogP contribution is 2.34. The van der Waals surface area contributed by atoms with Crippen LogP contribution in [0.2, 0.25) is 0 Å². The minimum absolute atomic E-state index is 0.474. The molecule has 0 aliphatic heterocycles. The van der Waals surface area contributed by atoms with Crippen molar-refractivity contribution in [2.24, 2.45) is 16.6 Å². The molecule has 2 nitrogen and oxygen atoms in total. The first-order valence-electron chi connectivity index (χ1n) is 4.56. The molecule has 0 aromatic heterocycles. The van der Waals surface area contributed by atoms with Gasteiger partial charge in [0.15, 0.2) is 0 Å². The zero-order chi connectivity index (χ0) is 8.27. The molecule has 1 rings (SSSR count). The standard InChI is InChI=1S/C9H18N2/c1-3-4-9(10)11-7(2)8-5-6-8/h7-8H,3-6H2,1-2H3,(H2,10,11). The Hall–Kier alpha value is -0.530. The molecular formula is C9H18N2. The monoisotopic (exact) mass is 154 g/mol. The van der Waals surface area contributed by atoms with Crippen molar-refractivity contribution in [1.82, 2.24) is 0 Å². The highest BCUT2D eigenvalue weighted by Gasteiger charge is 2.27. The Balaban J connectivity index is 2.29. The Morgan fingerprint density at radius 1 is 1.64 bits per heavy atom. The fourth-order valence-electron chi connectivity index (χ4n) is 1.27. The van der Waals surface area contributed by atoms with Gasteiger partial charge in [0, 0.05) is 6.42 Å². The van der Waals surface area contributed by atoms with Gasteiger partial charge in [-0.15, -0.1) is 0 Å². The lowest BCUT2D eigenvalue weighted by atomic mass is 10.2. The van der Waals surface area contributed by atoms with Crippen LogP contribution in [-0.4, -0.2) is 11.9 Å². The fraction of sp³-hybridized carbons (Fsp3) is 0.889. The molecule has 0 bridgehead atoms. The quantitative estimate of drug-likeness (QED) is 0.487. The van der Waals surface area contributed by atoms with E-state index >= 15 is 0 Å². The van der Waals surface area contributed by atoms with E-state index in [1.165, 1.54) is 12.8 Å². The molecule has 1 atom stereocenters. The number of amidine groups is 1. The minimum atomic E-state index is 0.474. The first-order chi connectivity index (χ1) is 5.24. The van der Waals surface area contributed by atoms with Crippen LogP contribution in [0.15, 0.2) is 4.99 Å². The van der Waals surface area contributed by atoms with Crippen LogP contribution in [-0.2, 0) is 0 Å². The third-order valence-electron chi connectivity index (χ3n) is 2.18. The van der Waals surface area contributed by atoms with Crippen LogP contribution in [0.1, 0.15) is 39.5 Å². The third-order valence-corrected chi connectivity index (χ3v) is 2.18. The van der Waals surface area contributed by atoms with Crippen molar-refractivity contribution in [3.63, 3.8) is 0 Å². The van der Waals surface area contributed by atoms with Crippen molar-refractivity contribution in [3.05, 3.63) is 0 Å².